The maximum Gasteiger partial charge on any atom is 0.242 e. The highest BCUT2D eigenvalue weighted by atomic mass is 32.2. The molecular formula is C23H22FN3O4S. The zero-order valence-corrected chi connectivity index (χ0v) is 18.0. The summed E-state index contributed by atoms with van der Waals surface area (Å²) >= 11 is 0. The van der Waals surface area contributed by atoms with Crippen molar-refractivity contribution in [2.45, 2.75) is 24.3 Å². The van der Waals surface area contributed by atoms with Gasteiger partial charge in [-0.15, -0.1) is 0 Å². The highest BCUT2D eigenvalue weighted by molar-refractivity contribution is 7.89. The molecule has 0 bridgehead atoms. The predicted molar refractivity (Wildman–Crippen MR) is 120 cm³/mol. The van der Waals surface area contributed by atoms with E-state index in [0.29, 0.717) is 11.4 Å². The van der Waals surface area contributed by atoms with Crippen LogP contribution in [0.2, 0.25) is 0 Å². The van der Waals surface area contributed by atoms with Crippen molar-refractivity contribution in [2.24, 2.45) is 0 Å². The van der Waals surface area contributed by atoms with E-state index in [1.54, 1.807) is 48.5 Å². The van der Waals surface area contributed by atoms with E-state index in [4.69, 9.17) is 0 Å². The summed E-state index contributed by atoms with van der Waals surface area (Å²) < 4.78 is 41.2. The van der Waals surface area contributed by atoms with Gasteiger partial charge in [0.25, 0.3) is 0 Å². The number of carbonyl (C=O) groups is 2. The number of sulfonamides is 1. The zero-order valence-electron chi connectivity index (χ0n) is 17.2. The lowest BCUT2D eigenvalue weighted by Crippen LogP contribution is -2.45. The van der Waals surface area contributed by atoms with Crippen molar-refractivity contribution in [3.05, 3.63) is 90.2 Å². The number of halogens is 1. The topological polar surface area (TPSA) is 104 Å². The molecule has 2 amide bonds. The van der Waals surface area contributed by atoms with Crippen molar-refractivity contribution in [1.29, 1.82) is 0 Å². The second kappa shape index (κ2) is 10.2. The number of amides is 2. The summed E-state index contributed by atoms with van der Waals surface area (Å²) in [5.74, 6) is -1.41. The summed E-state index contributed by atoms with van der Waals surface area (Å²) in [5, 5.41) is 5.30. The summed E-state index contributed by atoms with van der Waals surface area (Å²) in [4.78, 5) is 24.1. The van der Waals surface area contributed by atoms with Crippen molar-refractivity contribution in [2.75, 3.05) is 10.6 Å². The molecule has 0 aliphatic rings. The molecule has 3 N–H and O–H groups in total. The Kier molecular flexibility index (Phi) is 7.34. The van der Waals surface area contributed by atoms with E-state index in [0.717, 1.165) is 29.8 Å². The minimum atomic E-state index is -4.09. The molecule has 1 unspecified atom stereocenters. The van der Waals surface area contributed by atoms with Crippen molar-refractivity contribution in [1.82, 2.24) is 4.72 Å². The normalized spacial score (nSPS) is 12.1. The van der Waals surface area contributed by atoms with E-state index in [9.17, 15) is 22.4 Å². The van der Waals surface area contributed by atoms with E-state index >= 15 is 0 Å². The number of nitrogens with one attached hydrogen (secondary N) is 3. The Hall–Kier alpha value is -3.56. The van der Waals surface area contributed by atoms with Crippen LogP contribution in [0.1, 0.15) is 12.5 Å². The van der Waals surface area contributed by atoms with Crippen molar-refractivity contribution >= 4 is 33.2 Å². The molecule has 3 aromatic rings. The average molecular weight is 456 g/mol. The van der Waals surface area contributed by atoms with Crippen molar-refractivity contribution in [3.63, 3.8) is 0 Å². The second-order valence-electron chi connectivity index (χ2n) is 7.07. The Morgan fingerprint density at radius 3 is 2.12 bits per heavy atom. The molecule has 3 aromatic carbocycles. The van der Waals surface area contributed by atoms with Crippen LogP contribution in [-0.2, 0) is 26.0 Å². The van der Waals surface area contributed by atoms with Crippen LogP contribution in [0.25, 0.3) is 0 Å². The third kappa shape index (κ3) is 6.47. The van der Waals surface area contributed by atoms with Crippen LogP contribution >= 0.6 is 0 Å². The lowest BCUT2D eigenvalue weighted by atomic mass is 10.1. The molecule has 9 heteroatoms. The molecule has 32 heavy (non-hydrogen) atoms. The van der Waals surface area contributed by atoms with Gasteiger partial charge in [0.05, 0.1) is 4.90 Å². The molecule has 0 fully saturated rings. The Balaban J connectivity index is 1.84. The van der Waals surface area contributed by atoms with Crippen LogP contribution in [0, 0.1) is 5.82 Å². The number of hydrogen-bond donors (Lipinski definition) is 3. The molecule has 3 rings (SSSR count). The summed E-state index contributed by atoms with van der Waals surface area (Å²) in [6.45, 7) is 1.37. The van der Waals surface area contributed by atoms with Gasteiger partial charge in [-0.05, 0) is 54.4 Å². The first kappa shape index (κ1) is 23.1. The number of hydrogen-bond acceptors (Lipinski definition) is 4. The molecule has 0 saturated carbocycles. The number of anilines is 2. The number of carbonyl (C=O) groups excluding carboxylic acids is 2. The van der Waals surface area contributed by atoms with E-state index in [2.05, 4.69) is 15.4 Å². The largest absolute Gasteiger partial charge is 0.326 e. The molecule has 166 valence electrons. The third-order valence-electron chi connectivity index (χ3n) is 4.47. The summed E-state index contributed by atoms with van der Waals surface area (Å²) in [6, 6.07) is 18.6. The molecule has 0 heterocycles. The lowest BCUT2D eigenvalue weighted by molar-refractivity contribution is -0.117. The minimum Gasteiger partial charge on any atom is -0.326 e. The quantitative estimate of drug-likeness (QED) is 0.485. The molecule has 0 aliphatic heterocycles. The van der Waals surface area contributed by atoms with E-state index < -0.39 is 27.8 Å². The summed E-state index contributed by atoms with van der Waals surface area (Å²) in [5.41, 5.74) is 1.63. The van der Waals surface area contributed by atoms with Gasteiger partial charge < -0.3 is 10.6 Å². The molecule has 1 atom stereocenters. The Morgan fingerprint density at radius 1 is 0.875 bits per heavy atom. The third-order valence-corrected chi connectivity index (χ3v) is 5.96. The van der Waals surface area contributed by atoms with Gasteiger partial charge in [-0.2, -0.15) is 4.72 Å². The highest BCUT2D eigenvalue weighted by Gasteiger charge is 2.26. The maximum atomic E-state index is 13.2. The monoisotopic (exact) mass is 455 g/mol. The molecule has 7 nitrogen and oxygen atoms in total. The maximum absolute atomic E-state index is 13.2. The summed E-state index contributed by atoms with van der Waals surface area (Å²) in [7, 11) is -4.09. The van der Waals surface area contributed by atoms with Gasteiger partial charge in [0.2, 0.25) is 21.8 Å². The lowest BCUT2D eigenvalue weighted by Gasteiger charge is -2.19. The Morgan fingerprint density at radius 2 is 1.50 bits per heavy atom. The fourth-order valence-electron chi connectivity index (χ4n) is 3.01. The van der Waals surface area contributed by atoms with Crippen molar-refractivity contribution < 1.29 is 22.4 Å². The van der Waals surface area contributed by atoms with Gasteiger partial charge in [-0.3, -0.25) is 9.59 Å². The predicted octanol–water partition coefficient (Wildman–Crippen LogP) is 3.31. The Labute approximate surface area is 185 Å². The zero-order chi connectivity index (χ0) is 23.1. The van der Waals surface area contributed by atoms with Crippen LogP contribution in [0.4, 0.5) is 15.8 Å². The van der Waals surface area contributed by atoms with Crippen LogP contribution < -0.4 is 15.4 Å². The van der Waals surface area contributed by atoms with Gasteiger partial charge >= 0.3 is 0 Å². The van der Waals surface area contributed by atoms with Gasteiger partial charge in [-0.1, -0.05) is 36.4 Å². The first-order valence-electron chi connectivity index (χ1n) is 9.73. The second-order valence-corrected chi connectivity index (χ2v) is 8.78. The van der Waals surface area contributed by atoms with E-state index in [1.165, 1.54) is 6.92 Å². The molecule has 0 radical (unpaired) electrons. The standard InChI is InChI=1S/C23H22FN3O4S/c1-16(28)25-19-8-5-9-20(15-19)26-23(29)22(14-17-6-3-2-4-7-17)27-32(30,31)21-12-10-18(24)11-13-21/h2-13,15,22,27H,14H2,1H3,(H,25,28)(H,26,29). The SMILES string of the molecule is CC(=O)Nc1cccc(NC(=O)C(Cc2ccccc2)NS(=O)(=O)c2ccc(F)cc2)c1. The van der Waals surface area contributed by atoms with Gasteiger partial charge in [0, 0.05) is 18.3 Å². The smallest absolute Gasteiger partial charge is 0.242 e. The van der Waals surface area contributed by atoms with Gasteiger partial charge in [0.15, 0.2) is 0 Å². The molecule has 0 spiro atoms. The first-order chi connectivity index (χ1) is 15.2. The average Bonchev–Trinajstić information content (AvgIpc) is 2.74. The number of rotatable bonds is 8. The summed E-state index contributed by atoms with van der Waals surface area (Å²) in [6.07, 6.45) is 0.0957. The Bertz CT molecular complexity index is 1200. The minimum absolute atomic E-state index is 0.0957. The molecule has 0 aliphatic carbocycles. The fourth-order valence-corrected chi connectivity index (χ4v) is 4.21. The molecular weight excluding hydrogens is 433 g/mol. The molecule has 0 saturated heterocycles. The first-order valence-corrected chi connectivity index (χ1v) is 11.2. The van der Waals surface area contributed by atoms with Crippen LogP contribution in [0.3, 0.4) is 0 Å². The molecule has 0 aromatic heterocycles. The van der Waals surface area contributed by atoms with Crippen molar-refractivity contribution in [3.8, 4) is 0 Å². The highest BCUT2D eigenvalue weighted by Crippen LogP contribution is 2.17. The number of benzene rings is 3. The van der Waals surface area contributed by atoms with Gasteiger partial charge in [-0.25, -0.2) is 12.8 Å². The van der Waals surface area contributed by atoms with Crippen LogP contribution in [-0.4, -0.2) is 26.3 Å². The fraction of sp³-hybridized carbons (Fsp3) is 0.130. The van der Waals surface area contributed by atoms with E-state index in [-0.39, 0.29) is 17.2 Å². The van der Waals surface area contributed by atoms with Crippen LogP contribution in [0.5, 0.6) is 0 Å². The van der Waals surface area contributed by atoms with Crippen LogP contribution in [0.15, 0.2) is 83.8 Å². The van der Waals surface area contributed by atoms with E-state index in [1.807, 2.05) is 6.07 Å². The van der Waals surface area contributed by atoms with Gasteiger partial charge in [0.1, 0.15) is 11.9 Å².